The molecule has 0 unspecified atom stereocenters. The third-order valence-corrected chi connectivity index (χ3v) is 1.95. The highest BCUT2D eigenvalue weighted by Crippen LogP contribution is 2.18. The van der Waals surface area contributed by atoms with Gasteiger partial charge in [0.05, 0.1) is 5.56 Å². The summed E-state index contributed by atoms with van der Waals surface area (Å²) in [6.45, 7) is 4.00. The molecule has 0 aliphatic rings. The fourth-order valence-electron chi connectivity index (χ4n) is 1.18. The lowest BCUT2D eigenvalue weighted by Gasteiger charge is -2.03. The predicted octanol–water partition coefficient (Wildman–Crippen LogP) is 3.60. The van der Waals surface area contributed by atoms with Gasteiger partial charge < -0.3 is 9.84 Å². The fraction of sp³-hybridized carbons (Fsp3) is 0.143. The Balaban J connectivity index is 0.000000771. The number of hydrogen-bond donors (Lipinski definition) is 1. The fourth-order valence-corrected chi connectivity index (χ4v) is 1.18. The molecule has 0 amide bonds. The number of ether oxygens (including phenoxy) is 1. The molecule has 0 fully saturated rings. The molecular weight excluding hydrogens is 230 g/mol. The second-order valence-corrected chi connectivity index (χ2v) is 3.11. The summed E-state index contributed by atoms with van der Waals surface area (Å²) in [6, 6.07) is 12.2. The first-order chi connectivity index (χ1) is 8.75. The second-order valence-electron chi connectivity index (χ2n) is 3.11. The van der Waals surface area contributed by atoms with Crippen LogP contribution in [-0.2, 0) is 0 Å². The SMILES string of the molecule is CC.O=C(O)c1ccc(Oc2ccccc2)nc1. The Kier molecular flexibility index (Phi) is 5.38. The molecule has 1 heterocycles. The number of pyridine rings is 1. The molecule has 1 aromatic carbocycles. The van der Waals surface area contributed by atoms with Crippen LogP contribution >= 0.6 is 0 Å². The number of aromatic carboxylic acids is 1. The average Bonchev–Trinajstić information content (AvgIpc) is 2.43. The second kappa shape index (κ2) is 7.06. The van der Waals surface area contributed by atoms with Crippen LogP contribution in [0.15, 0.2) is 48.7 Å². The van der Waals surface area contributed by atoms with E-state index in [1.165, 1.54) is 18.3 Å². The highest BCUT2D eigenvalue weighted by molar-refractivity contribution is 5.87. The van der Waals surface area contributed by atoms with Crippen molar-refractivity contribution >= 4 is 5.97 Å². The van der Waals surface area contributed by atoms with Crippen LogP contribution in [0.5, 0.6) is 11.6 Å². The molecule has 0 spiro atoms. The number of benzene rings is 1. The number of aromatic nitrogens is 1. The molecule has 0 saturated heterocycles. The Bertz CT molecular complexity index is 480. The van der Waals surface area contributed by atoms with Gasteiger partial charge in [0.1, 0.15) is 5.75 Å². The lowest BCUT2D eigenvalue weighted by molar-refractivity contribution is 0.0696. The van der Waals surface area contributed by atoms with E-state index in [0.29, 0.717) is 11.6 Å². The third-order valence-electron chi connectivity index (χ3n) is 1.95. The summed E-state index contributed by atoms with van der Waals surface area (Å²) in [7, 11) is 0. The third kappa shape index (κ3) is 3.90. The standard InChI is InChI=1S/C12H9NO3.C2H6/c14-12(15)9-6-7-11(13-8-9)16-10-4-2-1-3-5-10;1-2/h1-8H,(H,14,15);1-2H3. The van der Waals surface area contributed by atoms with E-state index in [-0.39, 0.29) is 5.56 Å². The van der Waals surface area contributed by atoms with E-state index in [9.17, 15) is 4.79 Å². The number of hydrogen-bond acceptors (Lipinski definition) is 3. The lowest BCUT2D eigenvalue weighted by Crippen LogP contribution is -1.97. The maximum absolute atomic E-state index is 10.6. The number of nitrogens with zero attached hydrogens (tertiary/aromatic N) is 1. The van der Waals surface area contributed by atoms with Crippen LogP contribution in [0.2, 0.25) is 0 Å². The normalized spacial score (nSPS) is 9.00. The summed E-state index contributed by atoms with van der Waals surface area (Å²) in [4.78, 5) is 14.5. The minimum Gasteiger partial charge on any atom is -0.478 e. The monoisotopic (exact) mass is 245 g/mol. The first kappa shape index (κ1) is 13.7. The molecule has 4 heteroatoms. The zero-order valence-corrected chi connectivity index (χ0v) is 10.3. The van der Waals surface area contributed by atoms with Crippen LogP contribution in [0.25, 0.3) is 0 Å². The summed E-state index contributed by atoms with van der Waals surface area (Å²) in [5, 5.41) is 8.68. The van der Waals surface area contributed by atoms with E-state index in [2.05, 4.69) is 4.98 Å². The van der Waals surface area contributed by atoms with E-state index in [1.54, 1.807) is 12.1 Å². The van der Waals surface area contributed by atoms with Gasteiger partial charge in [-0.2, -0.15) is 0 Å². The Morgan fingerprint density at radius 3 is 2.28 bits per heavy atom. The van der Waals surface area contributed by atoms with E-state index >= 15 is 0 Å². The Morgan fingerprint density at radius 2 is 1.78 bits per heavy atom. The van der Waals surface area contributed by atoms with Crippen LogP contribution < -0.4 is 4.74 Å². The van der Waals surface area contributed by atoms with Gasteiger partial charge in [0.2, 0.25) is 5.88 Å². The average molecular weight is 245 g/mol. The molecule has 0 bridgehead atoms. The van der Waals surface area contributed by atoms with Crippen LogP contribution in [0.4, 0.5) is 0 Å². The van der Waals surface area contributed by atoms with Gasteiger partial charge in [-0.3, -0.25) is 0 Å². The van der Waals surface area contributed by atoms with Gasteiger partial charge in [-0.1, -0.05) is 32.0 Å². The number of rotatable bonds is 3. The molecule has 0 aliphatic heterocycles. The van der Waals surface area contributed by atoms with Gasteiger partial charge in [-0.15, -0.1) is 0 Å². The van der Waals surface area contributed by atoms with Crippen molar-refractivity contribution in [3.8, 4) is 11.6 Å². The molecule has 1 aromatic heterocycles. The van der Waals surface area contributed by atoms with Gasteiger partial charge in [-0.05, 0) is 18.2 Å². The summed E-state index contributed by atoms with van der Waals surface area (Å²) in [6.07, 6.45) is 1.26. The quantitative estimate of drug-likeness (QED) is 0.897. The topological polar surface area (TPSA) is 59.4 Å². The number of para-hydroxylation sites is 1. The molecule has 0 saturated carbocycles. The molecule has 4 nitrogen and oxygen atoms in total. The summed E-state index contributed by atoms with van der Waals surface area (Å²) >= 11 is 0. The van der Waals surface area contributed by atoms with Gasteiger partial charge in [0.15, 0.2) is 0 Å². The largest absolute Gasteiger partial charge is 0.478 e. The van der Waals surface area contributed by atoms with Gasteiger partial charge in [0.25, 0.3) is 0 Å². The number of carbonyl (C=O) groups is 1. The molecule has 18 heavy (non-hydrogen) atoms. The Morgan fingerprint density at radius 1 is 1.11 bits per heavy atom. The summed E-state index contributed by atoms with van der Waals surface area (Å²) < 4.78 is 5.41. The molecule has 0 aliphatic carbocycles. The minimum atomic E-state index is -1.00. The van der Waals surface area contributed by atoms with E-state index < -0.39 is 5.97 Å². The number of carboxylic acids is 1. The molecule has 0 radical (unpaired) electrons. The van der Waals surface area contributed by atoms with E-state index in [1.807, 2.05) is 32.0 Å². The Hall–Kier alpha value is -2.36. The Labute approximate surface area is 106 Å². The molecule has 0 atom stereocenters. The predicted molar refractivity (Wildman–Crippen MR) is 69.1 cm³/mol. The van der Waals surface area contributed by atoms with E-state index in [4.69, 9.17) is 9.84 Å². The van der Waals surface area contributed by atoms with Crippen molar-refractivity contribution in [2.45, 2.75) is 13.8 Å². The van der Waals surface area contributed by atoms with Crippen molar-refractivity contribution in [3.05, 3.63) is 54.2 Å². The van der Waals surface area contributed by atoms with Gasteiger partial charge in [-0.25, -0.2) is 9.78 Å². The van der Waals surface area contributed by atoms with Crippen molar-refractivity contribution < 1.29 is 14.6 Å². The minimum absolute atomic E-state index is 0.139. The van der Waals surface area contributed by atoms with Crippen molar-refractivity contribution in [2.24, 2.45) is 0 Å². The molecule has 2 aromatic rings. The van der Waals surface area contributed by atoms with Crippen LogP contribution in [0.1, 0.15) is 24.2 Å². The molecular formula is C14H15NO3. The van der Waals surface area contributed by atoms with Crippen molar-refractivity contribution in [1.29, 1.82) is 0 Å². The first-order valence-electron chi connectivity index (χ1n) is 5.68. The van der Waals surface area contributed by atoms with Crippen molar-refractivity contribution in [3.63, 3.8) is 0 Å². The first-order valence-corrected chi connectivity index (χ1v) is 5.68. The zero-order chi connectivity index (χ0) is 13.4. The lowest BCUT2D eigenvalue weighted by atomic mass is 10.3. The summed E-state index contributed by atoms with van der Waals surface area (Å²) in [5.41, 5.74) is 0.139. The maximum atomic E-state index is 10.6. The van der Waals surface area contributed by atoms with Gasteiger partial charge >= 0.3 is 5.97 Å². The molecule has 1 N–H and O–H groups in total. The highest BCUT2D eigenvalue weighted by Gasteiger charge is 2.03. The molecule has 2 rings (SSSR count). The maximum Gasteiger partial charge on any atom is 0.337 e. The van der Waals surface area contributed by atoms with Gasteiger partial charge in [0, 0.05) is 12.3 Å². The highest BCUT2D eigenvalue weighted by atomic mass is 16.5. The zero-order valence-electron chi connectivity index (χ0n) is 10.3. The van der Waals surface area contributed by atoms with E-state index in [0.717, 1.165) is 0 Å². The van der Waals surface area contributed by atoms with Crippen LogP contribution in [0, 0.1) is 0 Å². The molecule has 94 valence electrons. The summed E-state index contributed by atoms with van der Waals surface area (Å²) in [5.74, 6) is 0.0352. The smallest absolute Gasteiger partial charge is 0.337 e. The van der Waals surface area contributed by atoms with Crippen LogP contribution in [0.3, 0.4) is 0 Å². The van der Waals surface area contributed by atoms with Crippen LogP contribution in [-0.4, -0.2) is 16.1 Å². The van der Waals surface area contributed by atoms with Crippen molar-refractivity contribution in [1.82, 2.24) is 4.98 Å². The van der Waals surface area contributed by atoms with Crippen molar-refractivity contribution in [2.75, 3.05) is 0 Å². The number of carboxylic acid groups (broad SMARTS) is 1.